The molecule has 0 heterocycles. The van der Waals surface area contributed by atoms with Gasteiger partial charge < -0.3 is 14.8 Å². The van der Waals surface area contributed by atoms with E-state index >= 15 is 0 Å². The molecule has 28 heavy (non-hydrogen) atoms. The minimum atomic E-state index is 0.310. The molecule has 0 aliphatic carbocycles. The van der Waals surface area contributed by atoms with Crippen LogP contribution in [0.25, 0.3) is 0 Å². The maximum atomic E-state index is 6.45. The van der Waals surface area contributed by atoms with Crippen molar-refractivity contribution in [3.05, 3.63) is 85.8 Å². The molecule has 3 rings (SSSR count). The Morgan fingerprint density at radius 1 is 0.786 bits per heavy atom. The molecular formula is C21H17Cl4NO2. The summed E-state index contributed by atoms with van der Waals surface area (Å²) in [5, 5.41) is 5.56. The fourth-order valence-electron chi connectivity index (χ4n) is 2.58. The fraction of sp³-hybridized carbons (Fsp3) is 0.143. The van der Waals surface area contributed by atoms with Gasteiger partial charge in [-0.05, 0) is 35.9 Å². The molecule has 0 aromatic heterocycles. The van der Waals surface area contributed by atoms with Crippen LogP contribution < -0.4 is 14.8 Å². The number of hydrogen-bond donors (Lipinski definition) is 1. The summed E-state index contributed by atoms with van der Waals surface area (Å²) < 4.78 is 11.3. The minimum absolute atomic E-state index is 0.310. The molecule has 0 radical (unpaired) electrons. The van der Waals surface area contributed by atoms with Gasteiger partial charge in [0.25, 0.3) is 0 Å². The normalized spacial score (nSPS) is 10.6. The predicted molar refractivity (Wildman–Crippen MR) is 118 cm³/mol. The average molecular weight is 457 g/mol. The molecule has 0 aliphatic rings. The second kappa shape index (κ2) is 9.62. The first kappa shape index (κ1) is 20.9. The molecule has 0 saturated heterocycles. The summed E-state index contributed by atoms with van der Waals surface area (Å²) in [6.07, 6.45) is 0. The lowest BCUT2D eigenvalue weighted by atomic mass is 10.2. The smallest absolute Gasteiger partial charge is 0.163 e. The molecule has 146 valence electrons. The molecule has 0 spiro atoms. The number of benzene rings is 3. The summed E-state index contributed by atoms with van der Waals surface area (Å²) in [6.45, 7) is 0.770. The summed E-state index contributed by atoms with van der Waals surface area (Å²) in [5.74, 6) is 1.12. The van der Waals surface area contributed by atoms with Gasteiger partial charge >= 0.3 is 0 Å². The van der Waals surface area contributed by atoms with Crippen molar-refractivity contribution in [3.63, 3.8) is 0 Å². The van der Waals surface area contributed by atoms with E-state index in [-0.39, 0.29) is 0 Å². The van der Waals surface area contributed by atoms with E-state index < -0.39 is 0 Å². The monoisotopic (exact) mass is 455 g/mol. The molecule has 0 saturated carbocycles. The quantitative estimate of drug-likeness (QED) is 0.399. The number of anilines is 1. The van der Waals surface area contributed by atoms with Gasteiger partial charge in [0.1, 0.15) is 6.61 Å². The van der Waals surface area contributed by atoms with E-state index in [1.807, 2.05) is 36.4 Å². The Labute approximate surface area is 184 Å². The van der Waals surface area contributed by atoms with Crippen molar-refractivity contribution in [1.82, 2.24) is 0 Å². The lowest BCUT2D eigenvalue weighted by Gasteiger charge is -2.15. The number of nitrogens with one attached hydrogen (secondary N) is 1. The second-order valence-corrected chi connectivity index (χ2v) is 7.61. The van der Waals surface area contributed by atoms with Gasteiger partial charge in [0.2, 0.25) is 0 Å². The standard InChI is InChI=1S/C21H17Cl4NO2/c1-27-20-8-14(11-26-19-7-6-15(22)9-18(19)25)17(24)10-21(20)28-12-13-4-2-3-5-16(13)23/h2-10,26H,11-12H2,1H3. The number of rotatable bonds is 7. The van der Waals surface area contributed by atoms with Gasteiger partial charge in [-0.25, -0.2) is 0 Å². The van der Waals surface area contributed by atoms with Gasteiger partial charge in [0.15, 0.2) is 11.5 Å². The van der Waals surface area contributed by atoms with Gasteiger partial charge in [-0.2, -0.15) is 0 Å². The van der Waals surface area contributed by atoms with Crippen LogP contribution in [0.5, 0.6) is 11.5 Å². The summed E-state index contributed by atoms with van der Waals surface area (Å²) in [5.41, 5.74) is 2.49. The van der Waals surface area contributed by atoms with Crippen molar-refractivity contribution in [2.75, 3.05) is 12.4 Å². The summed E-state index contributed by atoms with van der Waals surface area (Å²) in [4.78, 5) is 0. The Kier molecular flexibility index (Phi) is 7.19. The van der Waals surface area contributed by atoms with Crippen molar-refractivity contribution in [2.45, 2.75) is 13.2 Å². The average Bonchev–Trinajstić information content (AvgIpc) is 2.67. The maximum absolute atomic E-state index is 6.45. The van der Waals surface area contributed by atoms with Crippen LogP contribution >= 0.6 is 46.4 Å². The van der Waals surface area contributed by atoms with E-state index in [1.165, 1.54) is 0 Å². The molecule has 0 bridgehead atoms. The van der Waals surface area contributed by atoms with E-state index in [2.05, 4.69) is 5.32 Å². The third kappa shape index (κ3) is 5.18. The third-order valence-electron chi connectivity index (χ3n) is 4.07. The maximum Gasteiger partial charge on any atom is 0.163 e. The van der Waals surface area contributed by atoms with Gasteiger partial charge in [-0.15, -0.1) is 0 Å². The zero-order valence-electron chi connectivity index (χ0n) is 14.9. The Bertz CT molecular complexity index is 979. The highest BCUT2D eigenvalue weighted by molar-refractivity contribution is 6.36. The zero-order chi connectivity index (χ0) is 20.1. The van der Waals surface area contributed by atoms with Crippen LogP contribution in [0.3, 0.4) is 0 Å². The number of ether oxygens (including phenoxy) is 2. The second-order valence-electron chi connectivity index (χ2n) is 5.95. The van der Waals surface area contributed by atoms with Gasteiger partial charge in [0, 0.05) is 33.2 Å². The molecule has 0 aliphatic heterocycles. The summed E-state index contributed by atoms with van der Waals surface area (Å²) >= 11 is 24.7. The summed E-state index contributed by atoms with van der Waals surface area (Å²) in [6, 6.07) is 16.3. The van der Waals surface area contributed by atoms with Crippen molar-refractivity contribution in [3.8, 4) is 11.5 Å². The van der Waals surface area contributed by atoms with Crippen LogP contribution in [-0.2, 0) is 13.2 Å². The zero-order valence-corrected chi connectivity index (χ0v) is 18.0. The van der Waals surface area contributed by atoms with E-state index in [4.69, 9.17) is 55.9 Å². The van der Waals surface area contributed by atoms with Gasteiger partial charge in [-0.1, -0.05) is 64.6 Å². The molecule has 0 atom stereocenters. The molecule has 7 heteroatoms. The van der Waals surface area contributed by atoms with Crippen LogP contribution in [0.1, 0.15) is 11.1 Å². The summed E-state index contributed by atoms with van der Waals surface area (Å²) in [7, 11) is 1.58. The van der Waals surface area contributed by atoms with Crippen LogP contribution in [0.15, 0.2) is 54.6 Å². The molecule has 3 nitrogen and oxygen atoms in total. The Morgan fingerprint density at radius 2 is 1.57 bits per heavy atom. The Balaban J connectivity index is 1.74. The van der Waals surface area contributed by atoms with Crippen LogP contribution in [-0.4, -0.2) is 7.11 Å². The fourth-order valence-corrected chi connectivity index (χ4v) is 3.47. The number of halogens is 4. The first-order valence-electron chi connectivity index (χ1n) is 8.39. The van der Waals surface area contributed by atoms with E-state index in [9.17, 15) is 0 Å². The first-order valence-corrected chi connectivity index (χ1v) is 9.90. The molecule has 3 aromatic carbocycles. The van der Waals surface area contributed by atoms with Crippen molar-refractivity contribution in [2.24, 2.45) is 0 Å². The third-order valence-corrected chi connectivity index (χ3v) is 5.34. The van der Waals surface area contributed by atoms with E-state index in [0.29, 0.717) is 44.7 Å². The van der Waals surface area contributed by atoms with Crippen LogP contribution in [0.2, 0.25) is 20.1 Å². The molecule has 1 N–H and O–H groups in total. The van der Waals surface area contributed by atoms with Gasteiger partial charge in [0.05, 0.1) is 17.8 Å². The molecule has 0 unspecified atom stereocenters. The Hall–Kier alpha value is -1.78. The SMILES string of the molecule is COc1cc(CNc2ccc(Cl)cc2Cl)c(Cl)cc1OCc1ccccc1Cl. The van der Waals surface area contributed by atoms with E-state index in [1.54, 1.807) is 25.3 Å². The van der Waals surface area contributed by atoms with Gasteiger partial charge in [-0.3, -0.25) is 0 Å². The molecule has 0 fully saturated rings. The molecule has 3 aromatic rings. The van der Waals surface area contributed by atoms with E-state index in [0.717, 1.165) is 16.8 Å². The number of hydrogen-bond acceptors (Lipinski definition) is 3. The highest BCUT2D eigenvalue weighted by Gasteiger charge is 2.12. The minimum Gasteiger partial charge on any atom is -0.493 e. The lowest BCUT2D eigenvalue weighted by Crippen LogP contribution is -2.03. The number of methoxy groups -OCH3 is 1. The van der Waals surface area contributed by atoms with Crippen LogP contribution in [0, 0.1) is 0 Å². The first-order chi connectivity index (χ1) is 13.5. The van der Waals surface area contributed by atoms with Crippen molar-refractivity contribution in [1.29, 1.82) is 0 Å². The molecular weight excluding hydrogens is 440 g/mol. The topological polar surface area (TPSA) is 30.5 Å². The molecule has 0 amide bonds. The van der Waals surface area contributed by atoms with Crippen LogP contribution in [0.4, 0.5) is 5.69 Å². The highest BCUT2D eigenvalue weighted by Crippen LogP contribution is 2.35. The lowest BCUT2D eigenvalue weighted by molar-refractivity contribution is 0.284. The largest absolute Gasteiger partial charge is 0.493 e. The predicted octanol–water partition coefficient (Wildman–Crippen LogP) is 7.50. The van der Waals surface area contributed by atoms with Crippen molar-refractivity contribution >= 4 is 52.1 Å². The Morgan fingerprint density at radius 3 is 2.29 bits per heavy atom. The van der Waals surface area contributed by atoms with Crippen molar-refractivity contribution < 1.29 is 9.47 Å². The highest BCUT2D eigenvalue weighted by atomic mass is 35.5.